The summed E-state index contributed by atoms with van der Waals surface area (Å²) in [6.45, 7) is 5.17. The Bertz CT molecular complexity index is 389. The van der Waals surface area contributed by atoms with Gasteiger partial charge >= 0.3 is 0 Å². The second-order valence-electron chi connectivity index (χ2n) is 5.34. The molecule has 1 fully saturated rings. The number of hydrogen-bond acceptors (Lipinski definition) is 3. The molecular formula is C14H24N2O2. The van der Waals surface area contributed by atoms with Crippen molar-refractivity contribution < 1.29 is 9.84 Å². The van der Waals surface area contributed by atoms with Gasteiger partial charge in [0, 0.05) is 6.54 Å². The number of ether oxygens (including phenoxy) is 1. The van der Waals surface area contributed by atoms with Crippen molar-refractivity contribution in [1.29, 1.82) is 0 Å². The number of hydrogen-bond donors (Lipinski definition) is 1. The van der Waals surface area contributed by atoms with Crippen molar-refractivity contribution in [2.75, 3.05) is 7.11 Å². The molecule has 4 nitrogen and oxygen atoms in total. The third-order valence-electron chi connectivity index (χ3n) is 4.11. The van der Waals surface area contributed by atoms with Gasteiger partial charge in [-0.25, -0.2) is 0 Å². The van der Waals surface area contributed by atoms with Gasteiger partial charge in [0.05, 0.1) is 13.3 Å². The van der Waals surface area contributed by atoms with E-state index in [1.54, 1.807) is 13.3 Å². The molecule has 3 atom stereocenters. The van der Waals surface area contributed by atoms with E-state index in [0.717, 1.165) is 30.8 Å². The van der Waals surface area contributed by atoms with Crippen LogP contribution in [0.5, 0.6) is 5.75 Å². The zero-order valence-corrected chi connectivity index (χ0v) is 11.6. The Labute approximate surface area is 109 Å². The average Bonchev–Trinajstić information content (AvgIpc) is 2.95. The number of nitrogens with zero attached hydrogens (tertiary/aromatic N) is 2. The van der Waals surface area contributed by atoms with E-state index in [-0.39, 0.29) is 0 Å². The number of aliphatic hydroxyl groups excluding tert-OH is 1. The van der Waals surface area contributed by atoms with Crippen molar-refractivity contribution in [2.24, 2.45) is 11.8 Å². The molecule has 0 amide bonds. The molecule has 0 aliphatic heterocycles. The molecule has 1 N–H and O–H groups in total. The fraction of sp³-hybridized carbons (Fsp3) is 0.786. The topological polar surface area (TPSA) is 47.3 Å². The lowest BCUT2D eigenvalue weighted by atomic mass is 9.90. The van der Waals surface area contributed by atoms with Crippen LogP contribution in [0, 0.1) is 11.8 Å². The van der Waals surface area contributed by atoms with Crippen LogP contribution in [0.1, 0.15) is 51.3 Å². The number of rotatable bonds is 5. The van der Waals surface area contributed by atoms with Crippen LogP contribution in [-0.4, -0.2) is 22.0 Å². The summed E-state index contributed by atoms with van der Waals surface area (Å²) in [4.78, 5) is 0. The lowest BCUT2D eigenvalue weighted by molar-refractivity contribution is 0.0789. The molecule has 0 bridgehead atoms. The number of aromatic nitrogens is 2. The van der Waals surface area contributed by atoms with Crippen molar-refractivity contribution in [1.82, 2.24) is 9.78 Å². The van der Waals surface area contributed by atoms with Crippen LogP contribution >= 0.6 is 0 Å². The van der Waals surface area contributed by atoms with Crippen LogP contribution in [0.3, 0.4) is 0 Å². The zero-order chi connectivity index (χ0) is 13.1. The first-order valence-corrected chi connectivity index (χ1v) is 6.96. The van der Waals surface area contributed by atoms with Crippen molar-refractivity contribution in [3.63, 3.8) is 0 Å². The quantitative estimate of drug-likeness (QED) is 0.876. The van der Waals surface area contributed by atoms with E-state index in [1.807, 2.05) is 4.68 Å². The predicted molar refractivity (Wildman–Crippen MR) is 70.5 cm³/mol. The largest absolute Gasteiger partial charge is 0.493 e. The van der Waals surface area contributed by atoms with E-state index in [2.05, 4.69) is 18.9 Å². The van der Waals surface area contributed by atoms with Gasteiger partial charge in [-0.15, -0.1) is 0 Å². The lowest BCUT2D eigenvalue weighted by Crippen LogP contribution is -2.19. The predicted octanol–water partition coefficient (Wildman–Crippen LogP) is 2.77. The van der Waals surface area contributed by atoms with Gasteiger partial charge in [0.25, 0.3) is 0 Å². The molecule has 3 unspecified atom stereocenters. The molecule has 1 heterocycles. The number of methoxy groups -OCH3 is 1. The van der Waals surface area contributed by atoms with E-state index in [9.17, 15) is 5.11 Å². The van der Waals surface area contributed by atoms with Gasteiger partial charge in [-0.1, -0.05) is 26.7 Å². The van der Waals surface area contributed by atoms with Gasteiger partial charge in [-0.05, 0) is 24.7 Å². The van der Waals surface area contributed by atoms with Gasteiger partial charge in [-0.2, -0.15) is 5.10 Å². The van der Waals surface area contributed by atoms with E-state index in [4.69, 9.17) is 4.74 Å². The Balaban J connectivity index is 2.26. The Morgan fingerprint density at radius 2 is 2.33 bits per heavy atom. The third kappa shape index (κ3) is 2.39. The Morgan fingerprint density at radius 1 is 1.56 bits per heavy atom. The van der Waals surface area contributed by atoms with Crippen molar-refractivity contribution in [2.45, 2.75) is 52.2 Å². The van der Waals surface area contributed by atoms with Crippen molar-refractivity contribution in [3.05, 3.63) is 11.9 Å². The Morgan fingerprint density at radius 3 is 2.89 bits per heavy atom. The van der Waals surface area contributed by atoms with Gasteiger partial charge in [0.1, 0.15) is 11.8 Å². The second-order valence-corrected chi connectivity index (χ2v) is 5.34. The summed E-state index contributed by atoms with van der Waals surface area (Å²) in [5.74, 6) is 1.64. The second kappa shape index (κ2) is 5.74. The summed E-state index contributed by atoms with van der Waals surface area (Å²) in [6.07, 6.45) is 5.80. The molecule has 0 radical (unpaired) electrons. The summed E-state index contributed by atoms with van der Waals surface area (Å²) in [5, 5.41) is 15.0. The van der Waals surface area contributed by atoms with Crippen LogP contribution < -0.4 is 4.74 Å². The molecule has 1 aromatic rings. The lowest BCUT2D eigenvalue weighted by Gasteiger charge is -2.23. The molecule has 0 spiro atoms. The first-order valence-electron chi connectivity index (χ1n) is 6.96. The highest BCUT2D eigenvalue weighted by Gasteiger charge is 2.34. The molecule has 4 heteroatoms. The van der Waals surface area contributed by atoms with E-state index < -0.39 is 6.10 Å². The van der Waals surface area contributed by atoms with Gasteiger partial charge < -0.3 is 9.84 Å². The summed E-state index contributed by atoms with van der Waals surface area (Å²) in [6, 6.07) is 0. The minimum absolute atomic E-state index is 0.339. The molecule has 2 rings (SSSR count). The monoisotopic (exact) mass is 252 g/mol. The van der Waals surface area contributed by atoms with Crippen LogP contribution in [0.15, 0.2) is 6.20 Å². The minimum Gasteiger partial charge on any atom is -0.493 e. The molecule has 1 aliphatic carbocycles. The first kappa shape index (κ1) is 13.4. The molecule has 18 heavy (non-hydrogen) atoms. The molecule has 1 saturated carbocycles. The normalized spacial score (nSPS) is 25.3. The van der Waals surface area contributed by atoms with Gasteiger partial charge in [0.2, 0.25) is 0 Å². The smallest absolute Gasteiger partial charge is 0.162 e. The fourth-order valence-electron chi connectivity index (χ4n) is 3.07. The summed E-state index contributed by atoms with van der Waals surface area (Å²) in [7, 11) is 1.64. The molecule has 1 aliphatic rings. The molecule has 0 aromatic carbocycles. The Kier molecular flexibility index (Phi) is 4.27. The zero-order valence-electron chi connectivity index (χ0n) is 11.6. The van der Waals surface area contributed by atoms with Crippen molar-refractivity contribution in [3.8, 4) is 5.75 Å². The summed E-state index contributed by atoms with van der Waals surface area (Å²) in [5.41, 5.74) is 0.859. The average molecular weight is 252 g/mol. The van der Waals surface area contributed by atoms with Crippen molar-refractivity contribution >= 4 is 0 Å². The van der Waals surface area contributed by atoms with Gasteiger partial charge in [-0.3, -0.25) is 4.68 Å². The standard InChI is InChI=1S/C14H24N2O2/c1-4-8-16-13(12(18-3)9-15-16)14(17)11-7-5-6-10(11)2/h9-11,14,17H,4-8H2,1-3H3. The fourth-order valence-corrected chi connectivity index (χ4v) is 3.07. The van der Waals surface area contributed by atoms with E-state index >= 15 is 0 Å². The minimum atomic E-state index is -0.452. The van der Waals surface area contributed by atoms with Crippen LogP contribution in [-0.2, 0) is 6.54 Å². The molecular weight excluding hydrogens is 228 g/mol. The number of aliphatic hydroxyl groups is 1. The summed E-state index contributed by atoms with van der Waals surface area (Å²) < 4.78 is 7.24. The van der Waals surface area contributed by atoms with E-state index in [0.29, 0.717) is 11.8 Å². The van der Waals surface area contributed by atoms with Crippen LogP contribution in [0.2, 0.25) is 0 Å². The van der Waals surface area contributed by atoms with Crippen LogP contribution in [0.25, 0.3) is 0 Å². The Hall–Kier alpha value is -1.03. The summed E-state index contributed by atoms with van der Waals surface area (Å²) >= 11 is 0. The highest BCUT2D eigenvalue weighted by molar-refractivity contribution is 5.28. The molecule has 102 valence electrons. The first-order chi connectivity index (χ1) is 8.69. The molecule has 0 saturated heterocycles. The maximum absolute atomic E-state index is 10.7. The van der Waals surface area contributed by atoms with Crippen LogP contribution in [0.4, 0.5) is 0 Å². The number of aryl methyl sites for hydroxylation is 1. The highest BCUT2D eigenvalue weighted by atomic mass is 16.5. The molecule has 1 aromatic heterocycles. The van der Waals surface area contributed by atoms with E-state index in [1.165, 1.54) is 12.8 Å². The highest BCUT2D eigenvalue weighted by Crippen LogP contribution is 2.42. The third-order valence-corrected chi connectivity index (χ3v) is 4.11. The SMILES string of the molecule is CCCn1ncc(OC)c1C(O)C1CCCC1C. The maximum atomic E-state index is 10.7. The maximum Gasteiger partial charge on any atom is 0.162 e. The van der Waals surface area contributed by atoms with Gasteiger partial charge in [0.15, 0.2) is 5.75 Å².